The van der Waals surface area contributed by atoms with Gasteiger partial charge in [0.1, 0.15) is 0 Å². The summed E-state index contributed by atoms with van der Waals surface area (Å²) in [4.78, 5) is 2.61. The van der Waals surface area contributed by atoms with Crippen LogP contribution in [0, 0.1) is 11.8 Å². The van der Waals surface area contributed by atoms with E-state index in [1.807, 2.05) is 6.07 Å². The number of fused-ring (bicyclic) bond motifs is 1. The van der Waals surface area contributed by atoms with E-state index in [0.717, 1.165) is 30.6 Å². The Kier molecular flexibility index (Phi) is 3.29. The SMILES string of the molecule is CC1CCCCC1CN1Cc2ccc(N)cc2C1. The molecule has 1 heterocycles. The van der Waals surface area contributed by atoms with Crippen LogP contribution >= 0.6 is 0 Å². The number of benzene rings is 1. The maximum atomic E-state index is 5.86. The average Bonchev–Trinajstić information content (AvgIpc) is 2.73. The van der Waals surface area contributed by atoms with Gasteiger partial charge >= 0.3 is 0 Å². The molecule has 0 radical (unpaired) electrons. The number of nitrogens with zero attached hydrogens (tertiary/aromatic N) is 1. The van der Waals surface area contributed by atoms with Gasteiger partial charge in [0.05, 0.1) is 0 Å². The van der Waals surface area contributed by atoms with Crippen molar-refractivity contribution in [2.45, 2.75) is 45.7 Å². The molecule has 0 spiro atoms. The van der Waals surface area contributed by atoms with E-state index >= 15 is 0 Å². The number of nitrogen functional groups attached to an aromatic ring is 1. The van der Waals surface area contributed by atoms with Gasteiger partial charge in [0.15, 0.2) is 0 Å². The van der Waals surface area contributed by atoms with Gasteiger partial charge in [-0.3, -0.25) is 4.90 Å². The molecule has 2 N–H and O–H groups in total. The second kappa shape index (κ2) is 4.93. The second-order valence-corrected chi connectivity index (χ2v) is 6.22. The number of rotatable bonds is 2. The Morgan fingerprint density at radius 2 is 1.94 bits per heavy atom. The monoisotopic (exact) mass is 244 g/mol. The smallest absolute Gasteiger partial charge is 0.0317 e. The maximum Gasteiger partial charge on any atom is 0.0317 e. The predicted molar refractivity (Wildman–Crippen MR) is 76.1 cm³/mol. The van der Waals surface area contributed by atoms with Gasteiger partial charge in [0, 0.05) is 25.3 Å². The van der Waals surface area contributed by atoms with Crippen molar-refractivity contribution >= 4 is 5.69 Å². The molecule has 1 aliphatic carbocycles. The van der Waals surface area contributed by atoms with Crippen molar-refractivity contribution < 1.29 is 0 Å². The molecule has 18 heavy (non-hydrogen) atoms. The molecular weight excluding hydrogens is 220 g/mol. The zero-order chi connectivity index (χ0) is 12.5. The van der Waals surface area contributed by atoms with Gasteiger partial charge in [0.2, 0.25) is 0 Å². The van der Waals surface area contributed by atoms with E-state index in [0.29, 0.717) is 0 Å². The van der Waals surface area contributed by atoms with Crippen molar-refractivity contribution in [3.05, 3.63) is 29.3 Å². The minimum absolute atomic E-state index is 0.904. The van der Waals surface area contributed by atoms with Crippen molar-refractivity contribution in [3.63, 3.8) is 0 Å². The fourth-order valence-electron chi connectivity index (χ4n) is 3.61. The first-order chi connectivity index (χ1) is 8.72. The summed E-state index contributed by atoms with van der Waals surface area (Å²) in [6, 6.07) is 6.39. The maximum absolute atomic E-state index is 5.86. The number of nitrogens with two attached hydrogens (primary N) is 1. The lowest BCUT2D eigenvalue weighted by molar-refractivity contribution is 0.160. The minimum atomic E-state index is 0.904. The van der Waals surface area contributed by atoms with E-state index < -0.39 is 0 Å². The van der Waals surface area contributed by atoms with Crippen LogP contribution in [-0.2, 0) is 13.1 Å². The summed E-state index contributed by atoms with van der Waals surface area (Å²) in [6.07, 6.45) is 5.73. The fourth-order valence-corrected chi connectivity index (χ4v) is 3.61. The first-order valence-corrected chi connectivity index (χ1v) is 7.32. The van der Waals surface area contributed by atoms with Gasteiger partial charge in [-0.25, -0.2) is 0 Å². The molecule has 2 nitrogen and oxygen atoms in total. The van der Waals surface area contributed by atoms with Gasteiger partial charge in [-0.05, 0) is 41.5 Å². The second-order valence-electron chi connectivity index (χ2n) is 6.22. The lowest BCUT2D eigenvalue weighted by Crippen LogP contribution is -2.30. The lowest BCUT2D eigenvalue weighted by Gasteiger charge is -2.32. The van der Waals surface area contributed by atoms with E-state index in [4.69, 9.17) is 5.73 Å². The summed E-state index contributed by atoms with van der Waals surface area (Å²) in [7, 11) is 0. The molecule has 0 bridgehead atoms. The van der Waals surface area contributed by atoms with Crippen molar-refractivity contribution in [2.75, 3.05) is 12.3 Å². The van der Waals surface area contributed by atoms with Crippen molar-refractivity contribution in [3.8, 4) is 0 Å². The third-order valence-electron chi connectivity index (χ3n) is 4.80. The average molecular weight is 244 g/mol. The Labute approximate surface area is 110 Å². The highest BCUT2D eigenvalue weighted by Crippen LogP contribution is 2.33. The zero-order valence-electron chi connectivity index (χ0n) is 11.4. The highest BCUT2D eigenvalue weighted by Gasteiger charge is 2.26. The van der Waals surface area contributed by atoms with Crippen molar-refractivity contribution in [1.29, 1.82) is 0 Å². The van der Waals surface area contributed by atoms with Crippen LogP contribution < -0.4 is 5.73 Å². The number of hydrogen-bond acceptors (Lipinski definition) is 2. The molecule has 0 saturated heterocycles. The van der Waals surface area contributed by atoms with E-state index in [-0.39, 0.29) is 0 Å². The third kappa shape index (κ3) is 2.39. The fraction of sp³-hybridized carbons (Fsp3) is 0.625. The molecule has 0 amide bonds. The van der Waals surface area contributed by atoms with Crippen molar-refractivity contribution in [2.24, 2.45) is 11.8 Å². The van der Waals surface area contributed by atoms with Crippen LogP contribution in [0.25, 0.3) is 0 Å². The molecule has 2 aliphatic rings. The molecule has 2 heteroatoms. The van der Waals surface area contributed by atoms with Gasteiger partial charge < -0.3 is 5.73 Å². The first-order valence-electron chi connectivity index (χ1n) is 7.32. The molecule has 1 fully saturated rings. The van der Waals surface area contributed by atoms with E-state index in [2.05, 4.69) is 24.0 Å². The summed E-state index contributed by atoms with van der Waals surface area (Å²) in [5.74, 6) is 1.82. The van der Waals surface area contributed by atoms with Crippen molar-refractivity contribution in [1.82, 2.24) is 4.90 Å². The van der Waals surface area contributed by atoms with E-state index in [1.54, 1.807) is 0 Å². The van der Waals surface area contributed by atoms with Crippen LogP contribution in [0.5, 0.6) is 0 Å². The molecule has 98 valence electrons. The van der Waals surface area contributed by atoms with Crippen LogP contribution in [-0.4, -0.2) is 11.4 Å². The molecule has 2 atom stereocenters. The summed E-state index contributed by atoms with van der Waals surface area (Å²) in [5.41, 5.74) is 9.69. The Hall–Kier alpha value is -1.02. The van der Waals surface area contributed by atoms with E-state index in [9.17, 15) is 0 Å². The molecular formula is C16H24N2. The Balaban J connectivity index is 1.63. The van der Waals surface area contributed by atoms with Crippen LogP contribution in [0.2, 0.25) is 0 Å². The van der Waals surface area contributed by atoms with Crippen LogP contribution in [0.1, 0.15) is 43.7 Å². The Morgan fingerprint density at radius 1 is 1.17 bits per heavy atom. The van der Waals surface area contributed by atoms with Crippen LogP contribution in [0.4, 0.5) is 5.69 Å². The van der Waals surface area contributed by atoms with Crippen LogP contribution in [0.3, 0.4) is 0 Å². The van der Waals surface area contributed by atoms with Gasteiger partial charge in [-0.1, -0.05) is 32.3 Å². The quantitative estimate of drug-likeness (QED) is 0.808. The van der Waals surface area contributed by atoms with E-state index in [1.165, 1.54) is 43.4 Å². The molecule has 1 saturated carbocycles. The molecule has 2 unspecified atom stereocenters. The molecule has 3 rings (SSSR count). The lowest BCUT2D eigenvalue weighted by atomic mass is 9.80. The molecule has 1 aromatic carbocycles. The topological polar surface area (TPSA) is 29.3 Å². The minimum Gasteiger partial charge on any atom is -0.399 e. The third-order valence-corrected chi connectivity index (χ3v) is 4.80. The molecule has 1 aromatic rings. The normalized spacial score (nSPS) is 28.3. The number of hydrogen-bond donors (Lipinski definition) is 1. The summed E-state index contributed by atoms with van der Waals surface area (Å²) >= 11 is 0. The van der Waals surface area contributed by atoms with Gasteiger partial charge in [-0.2, -0.15) is 0 Å². The highest BCUT2D eigenvalue weighted by molar-refractivity contribution is 5.46. The first kappa shape index (κ1) is 12.0. The van der Waals surface area contributed by atoms with Gasteiger partial charge in [0.25, 0.3) is 0 Å². The van der Waals surface area contributed by atoms with Gasteiger partial charge in [-0.15, -0.1) is 0 Å². The Morgan fingerprint density at radius 3 is 2.78 bits per heavy atom. The number of anilines is 1. The summed E-state index contributed by atoms with van der Waals surface area (Å²) in [6.45, 7) is 5.93. The zero-order valence-corrected chi connectivity index (χ0v) is 11.4. The summed E-state index contributed by atoms with van der Waals surface area (Å²) < 4.78 is 0. The molecule has 0 aromatic heterocycles. The van der Waals surface area contributed by atoms with Crippen LogP contribution in [0.15, 0.2) is 18.2 Å². The predicted octanol–water partition coefficient (Wildman–Crippen LogP) is 3.41. The highest BCUT2D eigenvalue weighted by atomic mass is 15.1. The summed E-state index contributed by atoms with van der Waals surface area (Å²) in [5, 5.41) is 0. The largest absolute Gasteiger partial charge is 0.399 e. The Bertz CT molecular complexity index is 427. The molecule has 1 aliphatic heterocycles. The standard InChI is InChI=1S/C16H24N2/c1-12-4-2-3-5-13(12)9-18-10-14-6-7-16(17)8-15(14)11-18/h6-8,12-13H,2-5,9-11,17H2,1H3.